The van der Waals surface area contributed by atoms with Crippen molar-refractivity contribution in [1.29, 1.82) is 0 Å². The van der Waals surface area contributed by atoms with Crippen LogP contribution in [0.25, 0.3) is 22.3 Å². The van der Waals surface area contributed by atoms with Crippen LogP contribution < -0.4 is 14.9 Å². The van der Waals surface area contributed by atoms with Crippen LogP contribution in [-0.2, 0) is 6.61 Å². The zero-order valence-corrected chi connectivity index (χ0v) is 15.6. The number of methoxy groups -OCH3 is 1. The topological polar surface area (TPSA) is 89.1 Å². The van der Waals surface area contributed by atoms with Gasteiger partial charge in [-0.2, -0.15) is 0 Å². The van der Waals surface area contributed by atoms with Crippen molar-refractivity contribution in [3.63, 3.8) is 0 Å². The van der Waals surface area contributed by atoms with Crippen molar-refractivity contribution >= 4 is 11.0 Å². The van der Waals surface area contributed by atoms with Gasteiger partial charge < -0.3 is 24.1 Å². The Kier molecular flexibility index (Phi) is 4.83. The minimum atomic E-state index is -0.704. The van der Waals surface area contributed by atoms with Crippen LogP contribution in [0.5, 0.6) is 23.0 Å². The summed E-state index contributed by atoms with van der Waals surface area (Å²) in [7, 11) is 1.60. The summed E-state index contributed by atoms with van der Waals surface area (Å²) in [5.41, 5.74) is 0.872. The number of hydrogen-bond donors (Lipinski definition) is 2. The summed E-state index contributed by atoms with van der Waals surface area (Å²) >= 11 is 0. The van der Waals surface area contributed by atoms with Crippen LogP contribution in [0.3, 0.4) is 0 Å². The summed E-state index contributed by atoms with van der Waals surface area (Å²) in [5.74, 6) is 0.238. The summed E-state index contributed by atoms with van der Waals surface area (Å²) in [6, 6.07) is 19.0. The maximum Gasteiger partial charge on any atom is 0.238 e. The lowest BCUT2D eigenvalue weighted by Gasteiger charge is -2.11. The summed E-state index contributed by atoms with van der Waals surface area (Å²) < 4.78 is 16.6. The lowest BCUT2D eigenvalue weighted by molar-refractivity contribution is 0.304. The zero-order valence-electron chi connectivity index (χ0n) is 15.6. The van der Waals surface area contributed by atoms with Gasteiger partial charge in [0, 0.05) is 17.7 Å². The first-order valence-electron chi connectivity index (χ1n) is 8.91. The highest BCUT2D eigenvalue weighted by Gasteiger charge is 2.18. The fourth-order valence-corrected chi connectivity index (χ4v) is 3.02. The maximum absolute atomic E-state index is 12.6. The lowest BCUT2D eigenvalue weighted by atomic mass is 10.1. The van der Waals surface area contributed by atoms with Crippen molar-refractivity contribution in [3.8, 4) is 34.3 Å². The van der Waals surface area contributed by atoms with E-state index >= 15 is 0 Å². The van der Waals surface area contributed by atoms with Gasteiger partial charge in [-0.15, -0.1) is 0 Å². The molecule has 3 aromatic carbocycles. The molecule has 0 aliphatic carbocycles. The minimum absolute atomic E-state index is 0.0369. The Labute approximate surface area is 166 Å². The molecule has 0 aliphatic heterocycles. The van der Waals surface area contributed by atoms with Gasteiger partial charge in [0.15, 0.2) is 5.76 Å². The van der Waals surface area contributed by atoms with Crippen molar-refractivity contribution in [2.75, 3.05) is 7.11 Å². The predicted octanol–water partition coefficient (Wildman–Crippen LogP) is 4.46. The van der Waals surface area contributed by atoms with Crippen molar-refractivity contribution in [2.24, 2.45) is 0 Å². The fourth-order valence-electron chi connectivity index (χ4n) is 3.02. The Hall–Kier alpha value is -3.93. The molecule has 146 valence electrons. The average molecular weight is 390 g/mol. The Balaban J connectivity index is 1.71. The molecule has 0 atom stereocenters. The normalized spacial score (nSPS) is 10.8. The van der Waals surface area contributed by atoms with Crippen LogP contribution in [0, 0.1) is 0 Å². The minimum Gasteiger partial charge on any atom is -0.507 e. The van der Waals surface area contributed by atoms with Gasteiger partial charge in [-0.1, -0.05) is 42.5 Å². The molecular weight excluding hydrogens is 372 g/mol. The largest absolute Gasteiger partial charge is 0.507 e. The zero-order chi connectivity index (χ0) is 20.4. The molecule has 29 heavy (non-hydrogen) atoms. The SMILES string of the molecule is COc1ccc(COc2cc(O)c3c(=O)c(O)c(-c4ccccc4)oc3c2)cc1. The molecule has 0 amide bonds. The number of aromatic hydroxyl groups is 2. The van der Waals surface area contributed by atoms with Crippen LogP contribution in [-0.4, -0.2) is 17.3 Å². The van der Waals surface area contributed by atoms with Gasteiger partial charge in [-0.05, 0) is 17.7 Å². The van der Waals surface area contributed by atoms with Crippen LogP contribution in [0.4, 0.5) is 0 Å². The quantitative estimate of drug-likeness (QED) is 0.523. The monoisotopic (exact) mass is 390 g/mol. The molecule has 1 aromatic heterocycles. The Morgan fingerprint density at radius 2 is 1.66 bits per heavy atom. The second-order valence-electron chi connectivity index (χ2n) is 6.43. The first-order chi connectivity index (χ1) is 14.1. The van der Waals surface area contributed by atoms with Crippen molar-refractivity contribution in [2.45, 2.75) is 6.61 Å². The second kappa shape index (κ2) is 7.59. The lowest BCUT2D eigenvalue weighted by Crippen LogP contribution is -2.04. The van der Waals surface area contributed by atoms with Crippen molar-refractivity contribution < 1.29 is 24.1 Å². The number of phenols is 1. The molecule has 4 aromatic rings. The van der Waals surface area contributed by atoms with Crippen molar-refractivity contribution in [1.82, 2.24) is 0 Å². The molecule has 0 bridgehead atoms. The van der Waals surface area contributed by atoms with E-state index in [1.165, 1.54) is 12.1 Å². The van der Waals surface area contributed by atoms with E-state index in [0.717, 1.165) is 11.3 Å². The molecule has 4 rings (SSSR count). The summed E-state index contributed by atoms with van der Waals surface area (Å²) in [5, 5.41) is 20.5. The van der Waals surface area contributed by atoms with E-state index in [0.29, 0.717) is 11.3 Å². The molecule has 1 heterocycles. The molecule has 6 nitrogen and oxygen atoms in total. The molecule has 0 saturated heterocycles. The molecular formula is C23H18O6. The predicted molar refractivity (Wildman–Crippen MR) is 109 cm³/mol. The standard InChI is InChI=1S/C23H18O6/c1-27-16-9-7-14(8-10-16)13-28-17-11-18(24)20-19(12-17)29-23(22(26)21(20)25)15-5-3-2-4-6-15/h2-12,24,26H,13H2,1H3. The van der Waals surface area contributed by atoms with Gasteiger partial charge in [0.05, 0.1) is 7.11 Å². The number of ether oxygens (including phenoxy) is 2. The fraction of sp³-hybridized carbons (Fsp3) is 0.0870. The van der Waals surface area contributed by atoms with Crippen LogP contribution in [0.1, 0.15) is 5.56 Å². The van der Waals surface area contributed by atoms with E-state index in [2.05, 4.69) is 0 Å². The van der Waals surface area contributed by atoms with E-state index < -0.39 is 11.2 Å². The molecule has 2 N–H and O–H groups in total. The third-order valence-corrected chi connectivity index (χ3v) is 4.52. The van der Waals surface area contributed by atoms with Crippen LogP contribution in [0.15, 0.2) is 75.9 Å². The first kappa shape index (κ1) is 18.4. The Morgan fingerprint density at radius 1 is 0.931 bits per heavy atom. The van der Waals surface area contributed by atoms with Crippen LogP contribution >= 0.6 is 0 Å². The summed E-state index contributed by atoms with van der Waals surface area (Å²) in [6.07, 6.45) is 0. The summed E-state index contributed by atoms with van der Waals surface area (Å²) in [6.45, 7) is 0.253. The number of benzene rings is 3. The van der Waals surface area contributed by atoms with Gasteiger partial charge >= 0.3 is 0 Å². The number of hydrogen-bond acceptors (Lipinski definition) is 6. The van der Waals surface area contributed by atoms with E-state index in [9.17, 15) is 15.0 Å². The molecule has 0 fully saturated rings. The van der Waals surface area contributed by atoms with E-state index in [-0.39, 0.29) is 29.1 Å². The van der Waals surface area contributed by atoms with Gasteiger partial charge in [-0.3, -0.25) is 4.79 Å². The molecule has 0 saturated carbocycles. The molecule has 0 spiro atoms. The number of rotatable bonds is 5. The Morgan fingerprint density at radius 3 is 2.34 bits per heavy atom. The van der Waals surface area contributed by atoms with Crippen LogP contribution in [0.2, 0.25) is 0 Å². The smallest absolute Gasteiger partial charge is 0.238 e. The van der Waals surface area contributed by atoms with E-state index in [1.54, 1.807) is 31.4 Å². The third-order valence-electron chi connectivity index (χ3n) is 4.52. The molecule has 6 heteroatoms. The molecule has 0 unspecified atom stereocenters. The van der Waals surface area contributed by atoms with Crippen molar-refractivity contribution in [3.05, 3.63) is 82.5 Å². The van der Waals surface area contributed by atoms with E-state index in [1.807, 2.05) is 30.3 Å². The summed E-state index contributed by atoms with van der Waals surface area (Å²) in [4.78, 5) is 12.6. The highest BCUT2D eigenvalue weighted by Crippen LogP contribution is 2.35. The van der Waals surface area contributed by atoms with Gasteiger partial charge in [0.1, 0.15) is 34.8 Å². The van der Waals surface area contributed by atoms with Gasteiger partial charge in [0.2, 0.25) is 11.2 Å². The third kappa shape index (κ3) is 3.60. The Bertz CT molecular complexity index is 1210. The van der Waals surface area contributed by atoms with E-state index in [4.69, 9.17) is 13.9 Å². The highest BCUT2D eigenvalue weighted by atomic mass is 16.5. The highest BCUT2D eigenvalue weighted by molar-refractivity contribution is 5.88. The number of phenolic OH excluding ortho intramolecular Hbond substituents is 1. The molecule has 0 radical (unpaired) electrons. The second-order valence-corrected chi connectivity index (χ2v) is 6.43. The molecule has 0 aliphatic rings. The number of fused-ring (bicyclic) bond motifs is 1. The van der Waals surface area contributed by atoms with Gasteiger partial charge in [-0.25, -0.2) is 0 Å². The maximum atomic E-state index is 12.6. The van der Waals surface area contributed by atoms with Gasteiger partial charge in [0.25, 0.3) is 0 Å². The first-order valence-corrected chi connectivity index (χ1v) is 8.91. The average Bonchev–Trinajstić information content (AvgIpc) is 2.75.